The van der Waals surface area contributed by atoms with Gasteiger partial charge in [0.25, 0.3) is 0 Å². The van der Waals surface area contributed by atoms with E-state index in [1.165, 1.54) is 38.0 Å². The zero-order chi connectivity index (χ0) is 14.5. The smallest absolute Gasteiger partial charge is 0.0594 e. The van der Waals surface area contributed by atoms with Crippen molar-refractivity contribution in [2.75, 3.05) is 45.9 Å². The first-order valence-electron chi connectivity index (χ1n) is 8.48. The number of rotatable bonds is 5. The van der Waals surface area contributed by atoms with Gasteiger partial charge in [0.05, 0.1) is 13.2 Å². The summed E-state index contributed by atoms with van der Waals surface area (Å²) in [4.78, 5) is 5.17. The Bertz CT molecular complexity index is 455. The van der Waals surface area contributed by atoms with E-state index < -0.39 is 0 Å². The van der Waals surface area contributed by atoms with Crippen LogP contribution in [0.15, 0.2) is 18.2 Å². The second-order valence-electron chi connectivity index (χ2n) is 6.29. The third kappa shape index (κ3) is 4.06. The van der Waals surface area contributed by atoms with E-state index in [2.05, 4.69) is 34.9 Å². The van der Waals surface area contributed by atoms with Crippen LogP contribution in [0.2, 0.25) is 0 Å². The van der Waals surface area contributed by atoms with Crippen molar-refractivity contribution in [2.24, 2.45) is 0 Å². The Morgan fingerprint density at radius 3 is 2.62 bits per heavy atom. The minimum Gasteiger partial charge on any atom is -0.379 e. The Hall–Kier alpha value is -0.900. The quantitative estimate of drug-likeness (QED) is 0.827. The molecule has 116 valence electrons. The predicted octanol–water partition coefficient (Wildman–Crippen LogP) is 2.33. The second-order valence-corrected chi connectivity index (χ2v) is 6.29. The molecule has 21 heavy (non-hydrogen) atoms. The van der Waals surface area contributed by atoms with Gasteiger partial charge in [0.15, 0.2) is 0 Å². The molecular formula is C18H28N2O. The van der Waals surface area contributed by atoms with E-state index in [9.17, 15) is 0 Å². The topological polar surface area (TPSA) is 15.7 Å². The van der Waals surface area contributed by atoms with Gasteiger partial charge in [-0.15, -0.1) is 0 Å². The van der Waals surface area contributed by atoms with Gasteiger partial charge >= 0.3 is 0 Å². The molecule has 3 heteroatoms. The Labute approximate surface area is 128 Å². The summed E-state index contributed by atoms with van der Waals surface area (Å²) in [5.74, 6) is 0. The molecule has 2 aliphatic rings. The number of fused-ring (bicyclic) bond motifs is 1. The summed E-state index contributed by atoms with van der Waals surface area (Å²) < 4.78 is 5.40. The fourth-order valence-electron chi connectivity index (χ4n) is 3.42. The molecule has 1 aromatic carbocycles. The van der Waals surface area contributed by atoms with Gasteiger partial charge in [0.2, 0.25) is 0 Å². The molecule has 3 nitrogen and oxygen atoms in total. The van der Waals surface area contributed by atoms with Crippen molar-refractivity contribution in [3.05, 3.63) is 34.9 Å². The van der Waals surface area contributed by atoms with Gasteiger partial charge < -0.3 is 4.74 Å². The van der Waals surface area contributed by atoms with Crippen LogP contribution in [0.3, 0.4) is 0 Å². The number of ether oxygens (including phenoxy) is 1. The van der Waals surface area contributed by atoms with Gasteiger partial charge in [-0.05, 0) is 49.0 Å². The van der Waals surface area contributed by atoms with Crippen LogP contribution in [0, 0.1) is 0 Å². The fourth-order valence-corrected chi connectivity index (χ4v) is 3.42. The van der Waals surface area contributed by atoms with Crippen LogP contribution in [0.5, 0.6) is 0 Å². The predicted molar refractivity (Wildman–Crippen MR) is 86.7 cm³/mol. The number of morpholine rings is 1. The van der Waals surface area contributed by atoms with Crippen molar-refractivity contribution in [1.82, 2.24) is 9.80 Å². The van der Waals surface area contributed by atoms with E-state index in [-0.39, 0.29) is 0 Å². The SMILES string of the molecule is CCc1ccc2c(c1)CN(CCCN1CCOCC1)CC2. The normalized spacial score (nSPS) is 20.4. The molecular weight excluding hydrogens is 260 g/mol. The molecule has 1 aromatic rings. The van der Waals surface area contributed by atoms with Crippen molar-refractivity contribution >= 4 is 0 Å². The fraction of sp³-hybridized carbons (Fsp3) is 0.667. The molecule has 2 aliphatic heterocycles. The second kappa shape index (κ2) is 7.39. The Morgan fingerprint density at radius 1 is 1.00 bits per heavy atom. The summed E-state index contributed by atoms with van der Waals surface area (Å²) in [6, 6.07) is 7.07. The number of hydrogen-bond acceptors (Lipinski definition) is 3. The molecule has 0 bridgehead atoms. The van der Waals surface area contributed by atoms with Gasteiger partial charge in [-0.1, -0.05) is 25.1 Å². The van der Waals surface area contributed by atoms with Crippen LogP contribution in [-0.4, -0.2) is 55.7 Å². The van der Waals surface area contributed by atoms with Crippen molar-refractivity contribution in [3.8, 4) is 0 Å². The molecule has 0 atom stereocenters. The molecule has 3 rings (SSSR count). The van der Waals surface area contributed by atoms with Crippen LogP contribution in [-0.2, 0) is 24.1 Å². The van der Waals surface area contributed by atoms with Crippen molar-refractivity contribution in [3.63, 3.8) is 0 Å². The lowest BCUT2D eigenvalue weighted by Crippen LogP contribution is -2.38. The summed E-state index contributed by atoms with van der Waals surface area (Å²) in [5, 5.41) is 0. The van der Waals surface area contributed by atoms with Gasteiger partial charge in [-0.3, -0.25) is 9.80 Å². The first kappa shape index (κ1) is 15.0. The van der Waals surface area contributed by atoms with Gasteiger partial charge in [0.1, 0.15) is 0 Å². The summed E-state index contributed by atoms with van der Waals surface area (Å²) in [7, 11) is 0. The molecule has 0 spiro atoms. The third-order valence-electron chi connectivity index (χ3n) is 4.82. The van der Waals surface area contributed by atoms with Gasteiger partial charge in [-0.25, -0.2) is 0 Å². The molecule has 2 heterocycles. The molecule has 1 saturated heterocycles. The summed E-state index contributed by atoms with van der Waals surface area (Å²) in [5.41, 5.74) is 4.60. The lowest BCUT2D eigenvalue weighted by Gasteiger charge is -2.31. The maximum Gasteiger partial charge on any atom is 0.0594 e. The molecule has 0 radical (unpaired) electrons. The standard InChI is InChI=1S/C18H28N2O/c1-2-16-4-5-17-6-9-20(15-18(17)14-16)8-3-7-19-10-12-21-13-11-19/h4-5,14H,2-3,6-13,15H2,1H3. The lowest BCUT2D eigenvalue weighted by atomic mass is 9.96. The number of hydrogen-bond donors (Lipinski definition) is 0. The molecule has 0 aromatic heterocycles. The van der Waals surface area contributed by atoms with Crippen LogP contribution >= 0.6 is 0 Å². The summed E-state index contributed by atoms with van der Waals surface area (Å²) in [6.07, 6.45) is 3.64. The maximum atomic E-state index is 5.40. The molecule has 0 amide bonds. The monoisotopic (exact) mass is 288 g/mol. The van der Waals surface area contributed by atoms with Gasteiger partial charge in [-0.2, -0.15) is 0 Å². The Kier molecular flexibility index (Phi) is 5.28. The highest BCUT2D eigenvalue weighted by atomic mass is 16.5. The summed E-state index contributed by atoms with van der Waals surface area (Å²) >= 11 is 0. The molecule has 0 saturated carbocycles. The van der Waals surface area contributed by atoms with Crippen molar-refractivity contribution in [2.45, 2.75) is 32.7 Å². The molecule has 0 N–H and O–H groups in total. The molecule has 0 unspecified atom stereocenters. The van der Waals surface area contributed by atoms with E-state index in [0.717, 1.165) is 39.3 Å². The van der Waals surface area contributed by atoms with Crippen molar-refractivity contribution < 1.29 is 4.74 Å². The molecule has 1 fully saturated rings. The highest BCUT2D eigenvalue weighted by Crippen LogP contribution is 2.20. The van der Waals surface area contributed by atoms with E-state index >= 15 is 0 Å². The van der Waals surface area contributed by atoms with Crippen LogP contribution < -0.4 is 0 Å². The van der Waals surface area contributed by atoms with E-state index in [1.807, 2.05) is 0 Å². The minimum atomic E-state index is 0.914. The van der Waals surface area contributed by atoms with Crippen LogP contribution in [0.25, 0.3) is 0 Å². The minimum absolute atomic E-state index is 0.914. The zero-order valence-corrected chi connectivity index (χ0v) is 13.3. The highest BCUT2D eigenvalue weighted by molar-refractivity contribution is 5.33. The van der Waals surface area contributed by atoms with E-state index in [0.29, 0.717) is 0 Å². The number of aryl methyl sites for hydroxylation is 1. The Morgan fingerprint density at radius 2 is 1.81 bits per heavy atom. The largest absolute Gasteiger partial charge is 0.379 e. The zero-order valence-electron chi connectivity index (χ0n) is 13.3. The van der Waals surface area contributed by atoms with Crippen molar-refractivity contribution in [1.29, 1.82) is 0 Å². The Balaban J connectivity index is 1.47. The average Bonchev–Trinajstić information content (AvgIpc) is 2.55. The van der Waals surface area contributed by atoms with Gasteiger partial charge in [0, 0.05) is 26.2 Å². The third-order valence-corrected chi connectivity index (χ3v) is 4.82. The van der Waals surface area contributed by atoms with E-state index in [1.54, 1.807) is 11.1 Å². The maximum absolute atomic E-state index is 5.40. The average molecular weight is 288 g/mol. The first-order chi connectivity index (χ1) is 10.3. The lowest BCUT2D eigenvalue weighted by molar-refractivity contribution is 0.0359. The highest BCUT2D eigenvalue weighted by Gasteiger charge is 2.17. The first-order valence-corrected chi connectivity index (χ1v) is 8.48. The number of benzene rings is 1. The van der Waals surface area contributed by atoms with E-state index in [4.69, 9.17) is 4.74 Å². The summed E-state index contributed by atoms with van der Waals surface area (Å²) in [6.45, 7) is 11.1. The van der Waals surface area contributed by atoms with Crippen LogP contribution in [0.1, 0.15) is 30.0 Å². The van der Waals surface area contributed by atoms with Crippen LogP contribution in [0.4, 0.5) is 0 Å². The number of nitrogens with zero attached hydrogens (tertiary/aromatic N) is 2. The molecule has 0 aliphatic carbocycles.